The van der Waals surface area contributed by atoms with Gasteiger partial charge in [-0.15, -0.1) is 0 Å². The number of aromatic nitrogens is 5. The molecule has 1 aromatic carbocycles. The lowest BCUT2D eigenvalue weighted by Crippen LogP contribution is -2.40. The van der Waals surface area contributed by atoms with Gasteiger partial charge < -0.3 is 9.55 Å². The highest BCUT2D eigenvalue weighted by Crippen LogP contribution is 2.21. The molecule has 9 heteroatoms. The number of halogens is 1. The van der Waals surface area contributed by atoms with E-state index >= 15 is 0 Å². The van der Waals surface area contributed by atoms with E-state index in [4.69, 9.17) is 11.6 Å². The third kappa shape index (κ3) is 3.89. The molecule has 3 aromatic heterocycles. The number of para-hydroxylation sites is 1. The smallest absolute Gasteiger partial charge is 0.332 e. The summed E-state index contributed by atoms with van der Waals surface area (Å²) in [6.07, 6.45) is 5.19. The highest BCUT2D eigenvalue weighted by Gasteiger charge is 2.17. The van der Waals surface area contributed by atoms with Gasteiger partial charge in [0.2, 0.25) is 5.28 Å². The first-order chi connectivity index (χ1) is 15.0. The second-order valence-corrected chi connectivity index (χ2v) is 7.90. The summed E-state index contributed by atoms with van der Waals surface area (Å²) < 4.78 is 4.78. The summed E-state index contributed by atoms with van der Waals surface area (Å²) in [7, 11) is 0. The summed E-state index contributed by atoms with van der Waals surface area (Å²) in [5.74, 6) is 0. The van der Waals surface area contributed by atoms with E-state index in [1.165, 1.54) is 9.13 Å². The number of nitriles is 1. The van der Waals surface area contributed by atoms with Crippen molar-refractivity contribution in [3.63, 3.8) is 0 Å². The molecule has 160 valence electrons. The van der Waals surface area contributed by atoms with Crippen LogP contribution in [0, 0.1) is 11.3 Å². The number of aryl methyl sites for hydroxylation is 2. The van der Waals surface area contributed by atoms with Crippen LogP contribution in [-0.2, 0) is 19.6 Å². The molecule has 0 aliphatic heterocycles. The van der Waals surface area contributed by atoms with Gasteiger partial charge in [-0.1, -0.05) is 38.0 Å². The maximum absolute atomic E-state index is 13.1. The highest BCUT2D eigenvalue weighted by atomic mass is 35.5. The molecule has 0 amide bonds. The number of aromatic amines is 1. The summed E-state index contributed by atoms with van der Waals surface area (Å²) in [4.78, 5) is 33.0. The molecular weight excluding hydrogens is 416 g/mol. The fraction of sp³-hybridized carbons (Fsp3) is 0.364. The molecule has 4 aromatic rings. The molecule has 0 saturated carbocycles. The average molecular weight is 439 g/mol. The summed E-state index contributed by atoms with van der Waals surface area (Å²) >= 11 is 5.99. The number of unbranched alkanes of at least 4 members (excludes halogenated alkanes) is 2. The molecule has 0 spiro atoms. The van der Waals surface area contributed by atoms with E-state index in [1.807, 2.05) is 35.0 Å². The topological polar surface area (TPSA) is 101 Å². The molecule has 0 fully saturated rings. The molecule has 4 rings (SSSR count). The lowest BCUT2D eigenvalue weighted by atomic mass is 10.2. The quantitative estimate of drug-likeness (QED) is 0.335. The van der Waals surface area contributed by atoms with E-state index < -0.39 is 5.56 Å². The van der Waals surface area contributed by atoms with Crippen LogP contribution in [0.15, 0.2) is 40.1 Å². The summed E-state index contributed by atoms with van der Waals surface area (Å²) in [6.45, 7) is 3.41. The SMILES string of the molecule is CCCCCn1c(=O)n(CCCn2cc(C#N)c3ccccc32)c(=O)c2[nH]c(Cl)nc21. The predicted octanol–water partition coefficient (Wildman–Crippen LogP) is 3.65. The Bertz CT molecular complexity index is 1400. The minimum Gasteiger partial charge on any atom is -0.346 e. The van der Waals surface area contributed by atoms with E-state index in [-0.39, 0.29) is 23.0 Å². The number of nitrogens with one attached hydrogen (secondary N) is 1. The lowest BCUT2D eigenvalue weighted by molar-refractivity contribution is 0.506. The molecule has 0 unspecified atom stereocenters. The Kier molecular flexibility index (Phi) is 5.96. The molecule has 3 heterocycles. The standard InChI is InChI=1S/C22H23ClN6O2/c1-2-3-6-11-28-19-18(25-21(23)26-19)20(30)29(22(28)31)12-7-10-27-14-15(13-24)16-8-4-5-9-17(16)27/h4-5,8-9,14H,2-3,6-7,10-12H2,1H3,(H,25,26). The van der Waals surface area contributed by atoms with Crippen molar-refractivity contribution >= 4 is 33.7 Å². The molecule has 8 nitrogen and oxygen atoms in total. The van der Waals surface area contributed by atoms with Crippen molar-refractivity contribution in [3.8, 4) is 6.07 Å². The first-order valence-corrected chi connectivity index (χ1v) is 10.8. The molecule has 31 heavy (non-hydrogen) atoms. The zero-order chi connectivity index (χ0) is 22.0. The van der Waals surface area contributed by atoms with Crippen molar-refractivity contribution in [2.45, 2.75) is 52.2 Å². The van der Waals surface area contributed by atoms with Crippen molar-refractivity contribution in [1.29, 1.82) is 5.26 Å². The van der Waals surface area contributed by atoms with E-state index in [1.54, 1.807) is 0 Å². The zero-order valence-electron chi connectivity index (χ0n) is 17.3. The van der Waals surface area contributed by atoms with E-state index in [9.17, 15) is 14.9 Å². The number of fused-ring (bicyclic) bond motifs is 2. The Morgan fingerprint density at radius 2 is 1.87 bits per heavy atom. The van der Waals surface area contributed by atoms with Crippen molar-refractivity contribution in [3.05, 3.63) is 62.1 Å². The van der Waals surface area contributed by atoms with E-state index in [0.29, 0.717) is 30.7 Å². The summed E-state index contributed by atoms with van der Waals surface area (Å²) in [6, 6.07) is 9.92. The maximum Gasteiger partial charge on any atom is 0.332 e. The largest absolute Gasteiger partial charge is 0.346 e. The van der Waals surface area contributed by atoms with Gasteiger partial charge in [-0.05, 0) is 30.5 Å². The predicted molar refractivity (Wildman–Crippen MR) is 120 cm³/mol. The van der Waals surface area contributed by atoms with Crippen LogP contribution in [0.2, 0.25) is 5.28 Å². The Hall–Kier alpha value is -3.31. The zero-order valence-corrected chi connectivity index (χ0v) is 18.0. The molecular formula is C22H23ClN6O2. The second-order valence-electron chi connectivity index (χ2n) is 7.54. The van der Waals surface area contributed by atoms with Crippen LogP contribution in [0.3, 0.4) is 0 Å². The number of nitrogens with zero attached hydrogens (tertiary/aromatic N) is 5. The van der Waals surface area contributed by atoms with Crippen LogP contribution in [0.5, 0.6) is 0 Å². The third-order valence-electron chi connectivity index (χ3n) is 5.51. The molecule has 0 radical (unpaired) electrons. The van der Waals surface area contributed by atoms with Crippen LogP contribution in [-0.4, -0.2) is 23.7 Å². The van der Waals surface area contributed by atoms with Crippen molar-refractivity contribution in [1.82, 2.24) is 23.7 Å². The minimum atomic E-state index is -0.416. The van der Waals surface area contributed by atoms with Crippen LogP contribution >= 0.6 is 11.6 Å². The van der Waals surface area contributed by atoms with Crippen molar-refractivity contribution in [2.75, 3.05) is 0 Å². The van der Waals surface area contributed by atoms with Crippen molar-refractivity contribution in [2.24, 2.45) is 0 Å². The molecule has 0 aliphatic rings. The average Bonchev–Trinajstić information content (AvgIpc) is 3.33. The Morgan fingerprint density at radius 1 is 1.10 bits per heavy atom. The number of imidazole rings is 1. The van der Waals surface area contributed by atoms with Crippen LogP contribution in [0.4, 0.5) is 0 Å². The first kappa shape index (κ1) is 20.9. The highest BCUT2D eigenvalue weighted by molar-refractivity contribution is 6.28. The van der Waals surface area contributed by atoms with Crippen LogP contribution < -0.4 is 11.2 Å². The van der Waals surface area contributed by atoms with Gasteiger partial charge in [0.05, 0.1) is 5.56 Å². The van der Waals surface area contributed by atoms with Crippen molar-refractivity contribution < 1.29 is 0 Å². The molecule has 0 atom stereocenters. The molecule has 1 N–H and O–H groups in total. The van der Waals surface area contributed by atoms with Gasteiger partial charge >= 0.3 is 5.69 Å². The normalized spacial score (nSPS) is 11.4. The minimum absolute atomic E-state index is 0.0938. The summed E-state index contributed by atoms with van der Waals surface area (Å²) in [5.41, 5.74) is 1.34. The van der Waals surface area contributed by atoms with Gasteiger partial charge in [0.1, 0.15) is 6.07 Å². The van der Waals surface area contributed by atoms with Crippen LogP contribution in [0.1, 0.15) is 38.2 Å². The van der Waals surface area contributed by atoms with Gasteiger partial charge in [-0.2, -0.15) is 10.2 Å². The fourth-order valence-electron chi connectivity index (χ4n) is 3.98. The van der Waals surface area contributed by atoms with Gasteiger partial charge in [-0.25, -0.2) is 4.79 Å². The number of hydrogen-bond donors (Lipinski definition) is 1. The van der Waals surface area contributed by atoms with Gasteiger partial charge in [0.15, 0.2) is 11.2 Å². The fourth-order valence-corrected chi connectivity index (χ4v) is 4.15. The van der Waals surface area contributed by atoms with Gasteiger partial charge in [0.25, 0.3) is 5.56 Å². The lowest BCUT2D eigenvalue weighted by Gasteiger charge is -2.11. The maximum atomic E-state index is 13.1. The monoisotopic (exact) mass is 438 g/mol. The van der Waals surface area contributed by atoms with Gasteiger partial charge in [-0.3, -0.25) is 13.9 Å². The van der Waals surface area contributed by atoms with E-state index in [0.717, 1.165) is 30.2 Å². The molecule has 0 aliphatic carbocycles. The number of H-pyrrole nitrogens is 1. The Labute approximate surface area is 183 Å². The second kappa shape index (κ2) is 8.82. The number of rotatable bonds is 8. The van der Waals surface area contributed by atoms with Crippen LogP contribution in [0.25, 0.3) is 22.1 Å². The molecule has 0 bridgehead atoms. The third-order valence-corrected chi connectivity index (χ3v) is 5.69. The number of benzene rings is 1. The Morgan fingerprint density at radius 3 is 2.65 bits per heavy atom. The summed E-state index contributed by atoms with van der Waals surface area (Å²) in [5, 5.41) is 10.4. The first-order valence-electron chi connectivity index (χ1n) is 10.4. The Balaban J connectivity index is 1.64. The van der Waals surface area contributed by atoms with Gasteiger partial charge in [0, 0.05) is 36.7 Å². The number of hydrogen-bond acceptors (Lipinski definition) is 4. The molecule has 0 saturated heterocycles. The van der Waals surface area contributed by atoms with E-state index in [2.05, 4.69) is 23.0 Å².